The number of piperazine rings is 1. The molecule has 1 aliphatic carbocycles. The van der Waals surface area contributed by atoms with Crippen molar-refractivity contribution in [2.45, 2.75) is 58.3 Å². The van der Waals surface area contributed by atoms with E-state index in [1.807, 2.05) is 19.1 Å². The summed E-state index contributed by atoms with van der Waals surface area (Å²) in [7, 11) is -0.522. The molecule has 0 atom stereocenters. The third-order valence-electron chi connectivity index (χ3n) is 9.21. The average molecular weight is 554 g/mol. The minimum absolute atomic E-state index is 0.00797. The molecule has 0 radical (unpaired) electrons. The van der Waals surface area contributed by atoms with Gasteiger partial charge in [0.15, 0.2) is 0 Å². The van der Waals surface area contributed by atoms with Crippen molar-refractivity contribution in [1.82, 2.24) is 10.2 Å². The standard InChI is InChI=1S/C33H40BN3O4/c1-22-29(34-40-32(2,3)33(4,5)41-34)18-23(20-37-16-14-35-15-17-37)19-30(22)36-31(38)39-21-28-26-12-8-6-10-24(26)25-11-7-9-13-27(25)28/h6-13,18-19,28,35H,14-17,20-21H2,1-5H3,(H,36,38). The van der Waals surface area contributed by atoms with E-state index in [2.05, 4.69) is 91.8 Å². The van der Waals surface area contributed by atoms with Crippen LogP contribution in [0.1, 0.15) is 55.9 Å². The second-order valence-electron chi connectivity index (χ2n) is 12.4. The molecule has 214 valence electrons. The van der Waals surface area contributed by atoms with Crippen molar-refractivity contribution in [2.75, 3.05) is 38.1 Å². The average Bonchev–Trinajstić information content (AvgIpc) is 3.38. The van der Waals surface area contributed by atoms with Gasteiger partial charge in [0.25, 0.3) is 0 Å². The zero-order valence-electron chi connectivity index (χ0n) is 24.8. The summed E-state index contributed by atoms with van der Waals surface area (Å²) in [4.78, 5) is 15.7. The monoisotopic (exact) mass is 553 g/mol. The van der Waals surface area contributed by atoms with Gasteiger partial charge in [-0.2, -0.15) is 0 Å². The predicted molar refractivity (Wildman–Crippen MR) is 164 cm³/mol. The molecule has 6 rings (SSSR count). The number of nitrogens with zero attached hydrogens (tertiary/aromatic N) is 1. The molecular formula is C33H40BN3O4. The van der Waals surface area contributed by atoms with Gasteiger partial charge < -0.3 is 19.4 Å². The highest BCUT2D eigenvalue weighted by Gasteiger charge is 2.52. The number of carbonyl (C=O) groups is 1. The van der Waals surface area contributed by atoms with Crippen LogP contribution in [0.3, 0.4) is 0 Å². The first-order chi connectivity index (χ1) is 19.6. The number of hydrogen-bond acceptors (Lipinski definition) is 6. The fourth-order valence-electron chi connectivity index (χ4n) is 6.11. The van der Waals surface area contributed by atoms with E-state index in [4.69, 9.17) is 14.0 Å². The summed E-state index contributed by atoms with van der Waals surface area (Å²) in [6, 6.07) is 21.0. The minimum atomic E-state index is -0.522. The molecule has 2 N–H and O–H groups in total. The van der Waals surface area contributed by atoms with E-state index in [0.717, 1.165) is 55.0 Å². The van der Waals surface area contributed by atoms with Crippen molar-refractivity contribution in [1.29, 1.82) is 0 Å². The number of fused-ring (bicyclic) bond motifs is 3. The lowest BCUT2D eigenvalue weighted by molar-refractivity contribution is 0.00578. The quantitative estimate of drug-likeness (QED) is 0.416. The number of rotatable bonds is 6. The maximum atomic E-state index is 13.3. The molecule has 41 heavy (non-hydrogen) atoms. The summed E-state index contributed by atoms with van der Waals surface area (Å²) >= 11 is 0. The van der Waals surface area contributed by atoms with Crippen LogP contribution in [0.2, 0.25) is 0 Å². The highest BCUT2D eigenvalue weighted by atomic mass is 16.7. The van der Waals surface area contributed by atoms with Gasteiger partial charge in [-0.15, -0.1) is 0 Å². The number of amides is 1. The van der Waals surface area contributed by atoms with Gasteiger partial charge in [0.2, 0.25) is 0 Å². The number of ether oxygens (including phenoxy) is 1. The second-order valence-corrected chi connectivity index (χ2v) is 12.4. The molecule has 2 heterocycles. The molecule has 0 saturated carbocycles. The van der Waals surface area contributed by atoms with Crippen LogP contribution >= 0.6 is 0 Å². The lowest BCUT2D eigenvalue weighted by atomic mass is 9.75. The number of carbonyl (C=O) groups excluding carboxylic acids is 1. The van der Waals surface area contributed by atoms with Crippen LogP contribution in [0.4, 0.5) is 10.5 Å². The Kier molecular flexibility index (Phi) is 7.45. The normalized spacial score (nSPS) is 19.6. The summed E-state index contributed by atoms with van der Waals surface area (Å²) in [5.41, 5.74) is 7.57. The van der Waals surface area contributed by atoms with Crippen LogP contribution in [-0.4, -0.2) is 62.1 Å². The summed E-state index contributed by atoms with van der Waals surface area (Å²) in [5, 5.41) is 6.48. The van der Waals surface area contributed by atoms with E-state index in [-0.39, 0.29) is 12.5 Å². The molecule has 2 fully saturated rings. The lowest BCUT2D eigenvalue weighted by Gasteiger charge is -2.32. The van der Waals surface area contributed by atoms with Crippen LogP contribution in [0.25, 0.3) is 11.1 Å². The smallest absolute Gasteiger partial charge is 0.448 e. The molecule has 3 aromatic carbocycles. The van der Waals surface area contributed by atoms with Crippen LogP contribution < -0.4 is 16.1 Å². The Bertz CT molecular complexity index is 1390. The van der Waals surface area contributed by atoms with Crippen molar-refractivity contribution in [3.05, 3.63) is 82.9 Å². The fourth-order valence-corrected chi connectivity index (χ4v) is 6.11. The molecule has 0 spiro atoms. The highest BCUT2D eigenvalue weighted by molar-refractivity contribution is 6.62. The first-order valence-corrected chi connectivity index (χ1v) is 14.7. The van der Waals surface area contributed by atoms with Crippen molar-refractivity contribution in [3.8, 4) is 11.1 Å². The molecule has 3 aliphatic rings. The van der Waals surface area contributed by atoms with Gasteiger partial charge in [-0.3, -0.25) is 10.2 Å². The van der Waals surface area contributed by atoms with Gasteiger partial charge in [-0.1, -0.05) is 54.6 Å². The molecule has 0 bridgehead atoms. The number of anilines is 1. The number of hydrogen-bond donors (Lipinski definition) is 2. The van der Waals surface area contributed by atoms with Gasteiger partial charge in [0.05, 0.1) is 11.2 Å². The molecule has 2 aliphatic heterocycles. The van der Waals surface area contributed by atoms with E-state index in [1.54, 1.807) is 0 Å². The zero-order valence-corrected chi connectivity index (χ0v) is 24.8. The van der Waals surface area contributed by atoms with E-state index in [1.165, 1.54) is 22.3 Å². The summed E-state index contributed by atoms with van der Waals surface area (Å²) in [5.74, 6) is 0.00797. The van der Waals surface area contributed by atoms with E-state index in [9.17, 15) is 4.79 Å². The Balaban J connectivity index is 1.23. The lowest BCUT2D eigenvalue weighted by Crippen LogP contribution is -2.43. The fraction of sp³-hybridized carbons (Fsp3) is 0.424. The summed E-state index contributed by atoms with van der Waals surface area (Å²) < 4.78 is 18.7. The maximum Gasteiger partial charge on any atom is 0.495 e. The Morgan fingerprint density at radius 2 is 1.56 bits per heavy atom. The van der Waals surface area contributed by atoms with E-state index < -0.39 is 24.4 Å². The maximum absolute atomic E-state index is 13.3. The first-order valence-electron chi connectivity index (χ1n) is 14.7. The molecule has 3 aromatic rings. The molecule has 7 nitrogen and oxygen atoms in total. The van der Waals surface area contributed by atoms with Gasteiger partial charge in [-0.25, -0.2) is 4.79 Å². The minimum Gasteiger partial charge on any atom is -0.448 e. The van der Waals surface area contributed by atoms with E-state index in [0.29, 0.717) is 0 Å². The van der Waals surface area contributed by atoms with Crippen molar-refractivity contribution < 1.29 is 18.8 Å². The molecule has 0 unspecified atom stereocenters. The van der Waals surface area contributed by atoms with Crippen LogP contribution in [0.15, 0.2) is 60.7 Å². The molecular weight excluding hydrogens is 513 g/mol. The second kappa shape index (κ2) is 10.9. The van der Waals surface area contributed by atoms with Gasteiger partial charge in [0, 0.05) is 44.3 Å². The number of benzene rings is 3. The first kappa shape index (κ1) is 28.0. The van der Waals surface area contributed by atoms with Crippen molar-refractivity contribution >= 4 is 24.4 Å². The van der Waals surface area contributed by atoms with Crippen LogP contribution in [0, 0.1) is 6.92 Å². The molecule has 2 saturated heterocycles. The van der Waals surface area contributed by atoms with Crippen LogP contribution in [-0.2, 0) is 20.6 Å². The largest absolute Gasteiger partial charge is 0.495 e. The van der Waals surface area contributed by atoms with Crippen molar-refractivity contribution in [2.24, 2.45) is 0 Å². The molecule has 8 heteroatoms. The summed E-state index contributed by atoms with van der Waals surface area (Å²) in [6.45, 7) is 15.2. The van der Waals surface area contributed by atoms with Gasteiger partial charge in [-0.05, 0) is 79.5 Å². The Morgan fingerprint density at radius 1 is 0.976 bits per heavy atom. The third-order valence-corrected chi connectivity index (χ3v) is 9.21. The van der Waals surface area contributed by atoms with Crippen molar-refractivity contribution in [3.63, 3.8) is 0 Å². The molecule has 0 aromatic heterocycles. The van der Waals surface area contributed by atoms with Gasteiger partial charge >= 0.3 is 13.2 Å². The SMILES string of the molecule is Cc1c(NC(=O)OCC2c3ccccc3-c3ccccc32)cc(CN2CCNCC2)cc1B1OC(C)(C)C(C)(C)O1. The Morgan fingerprint density at radius 3 is 2.17 bits per heavy atom. The Labute approximate surface area is 243 Å². The predicted octanol–water partition coefficient (Wildman–Crippen LogP) is 5.06. The van der Waals surface area contributed by atoms with Gasteiger partial charge in [0.1, 0.15) is 6.61 Å². The third kappa shape index (κ3) is 5.42. The Hall–Kier alpha value is -3.17. The van der Waals surface area contributed by atoms with Crippen LogP contribution in [0.5, 0.6) is 0 Å². The summed E-state index contributed by atoms with van der Waals surface area (Å²) in [6.07, 6.45) is -0.464. The van der Waals surface area contributed by atoms with E-state index >= 15 is 0 Å². The topological polar surface area (TPSA) is 72.1 Å². The highest BCUT2D eigenvalue weighted by Crippen LogP contribution is 2.44. The number of nitrogens with one attached hydrogen (secondary N) is 2. The molecule has 1 amide bonds. The zero-order chi connectivity index (χ0) is 28.8.